The summed E-state index contributed by atoms with van der Waals surface area (Å²) in [6.07, 6.45) is 1.11. The highest BCUT2D eigenvalue weighted by molar-refractivity contribution is 7.90. The Morgan fingerprint density at radius 1 is 1.25 bits per heavy atom. The summed E-state index contributed by atoms with van der Waals surface area (Å²) in [6, 6.07) is 12.0. The van der Waals surface area contributed by atoms with Crippen LogP contribution in [0, 0.1) is 5.41 Å². The molecule has 0 aliphatic heterocycles. The molecule has 24 heavy (non-hydrogen) atoms. The molecular formula is C15H15Cl2N3O2S2. The predicted molar refractivity (Wildman–Crippen MR) is 104 cm³/mol. The first-order valence-electron chi connectivity index (χ1n) is 6.44. The normalized spacial score (nSPS) is 10.6. The third-order valence-electron chi connectivity index (χ3n) is 3.03. The van der Waals surface area contributed by atoms with E-state index in [1.54, 1.807) is 30.3 Å². The van der Waals surface area contributed by atoms with Crippen molar-refractivity contribution in [2.24, 2.45) is 5.73 Å². The van der Waals surface area contributed by atoms with Gasteiger partial charge >= 0.3 is 0 Å². The monoisotopic (exact) mass is 403 g/mol. The first kappa shape index (κ1) is 20.4. The zero-order valence-electron chi connectivity index (χ0n) is 12.5. The summed E-state index contributed by atoms with van der Waals surface area (Å²) in [6.45, 7) is 0. The maximum absolute atomic E-state index is 12.2. The van der Waals surface area contributed by atoms with Gasteiger partial charge in [0, 0.05) is 17.4 Å². The fraction of sp³-hybridized carbons (Fsp3) is 0.0667. The maximum atomic E-state index is 12.2. The molecular weight excluding hydrogens is 389 g/mol. The van der Waals surface area contributed by atoms with Gasteiger partial charge in [-0.05, 0) is 17.7 Å². The van der Waals surface area contributed by atoms with E-state index in [1.165, 1.54) is 6.07 Å². The number of halogens is 2. The quantitative estimate of drug-likeness (QED) is 0.415. The molecule has 0 aliphatic rings. The molecule has 0 spiro atoms. The van der Waals surface area contributed by atoms with E-state index in [0.717, 1.165) is 6.26 Å². The van der Waals surface area contributed by atoms with Crippen LogP contribution in [0.3, 0.4) is 0 Å². The molecule has 0 saturated heterocycles. The van der Waals surface area contributed by atoms with Crippen LogP contribution in [0.4, 0.5) is 0 Å². The van der Waals surface area contributed by atoms with E-state index >= 15 is 0 Å². The van der Waals surface area contributed by atoms with Crippen molar-refractivity contribution in [2.45, 2.75) is 4.90 Å². The topological polar surface area (TPSA) is 96.0 Å². The van der Waals surface area contributed by atoms with Gasteiger partial charge < -0.3 is 11.1 Å². The Morgan fingerprint density at radius 3 is 2.33 bits per heavy atom. The van der Waals surface area contributed by atoms with E-state index in [4.69, 9.17) is 35.0 Å². The Balaban J connectivity index is 0.00000288. The van der Waals surface area contributed by atoms with Crippen molar-refractivity contribution in [3.05, 3.63) is 53.1 Å². The van der Waals surface area contributed by atoms with Crippen LogP contribution in [0.1, 0.15) is 5.56 Å². The lowest BCUT2D eigenvalue weighted by Crippen LogP contribution is -2.35. The minimum absolute atomic E-state index is 0. The highest BCUT2D eigenvalue weighted by Gasteiger charge is 2.20. The second-order valence-corrected chi connectivity index (χ2v) is 7.64. The van der Waals surface area contributed by atoms with Crippen LogP contribution in [0.2, 0.25) is 5.02 Å². The second-order valence-electron chi connectivity index (χ2n) is 4.84. The predicted octanol–water partition coefficient (Wildman–Crippen LogP) is 2.99. The molecule has 4 N–H and O–H groups in total. The third kappa shape index (κ3) is 4.67. The number of benzene rings is 2. The van der Waals surface area contributed by atoms with E-state index in [0.29, 0.717) is 16.7 Å². The molecule has 0 aliphatic carbocycles. The fourth-order valence-corrected chi connectivity index (χ4v) is 3.64. The summed E-state index contributed by atoms with van der Waals surface area (Å²) in [4.78, 5) is 0.197. The minimum Gasteiger partial charge on any atom is -0.370 e. The number of rotatable bonds is 3. The molecule has 0 heterocycles. The third-order valence-corrected chi connectivity index (χ3v) is 4.78. The van der Waals surface area contributed by atoms with E-state index in [2.05, 4.69) is 5.32 Å². The Bertz CT molecular complexity index is 885. The summed E-state index contributed by atoms with van der Waals surface area (Å²) in [7, 11) is -3.55. The van der Waals surface area contributed by atoms with Crippen molar-refractivity contribution in [1.82, 2.24) is 5.32 Å². The Morgan fingerprint density at radius 2 is 1.83 bits per heavy atom. The van der Waals surface area contributed by atoms with Gasteiger partial charge in [-0.1, -0.05) is 54.2 Å². The number of sulfone groups is 1. The summed E-state index contributed by atoms with van der Waals surface area (Å²) in [5.41, 5.74) is 6.73. The Kier molecular flexibility index (Phi) is 6.74. The average Bonchev–Trinajstić information content (AvgIpc) is 2.45. The molecule has 0 saturated carbocycles. The lowest BCUT2D eigenvalue weighted by molar-refractivity contribution is 0.602. The number of guanidine groups is 1. The van der Waals surface area contributed by atoms with Crippen LogP contribution in [0.15, 0.2) is 47.4 Å². The summed E-state index contributed by atoms with van der Waals surface area (Å²) in [5, 5.41) is 9.92. The maximum Gasteiger partial charge on any atom is 0.190 e. The molecule has 128 valence electrons. The molecule has 0 amide bonds. The number of nitrogens with one attached hydrogen (secondary N) is 2. The van der Waals surface area contributed by atoms with Crippen molar-refractivity contribution in [1.29, 1.82) is 5.41 Å². The lowest BCUT2D eigenvalue weighted by atomic mass is 10.0. The van der Waals surface area contributed by atoms with Crippen LogP contribution in [-0.2, 0) is 9.84 Å². The fourth-order valence-electron chi connectivity index (χ4n) is 2.08. The smallest absolute Gasteiger partial charge is 0.190 e. The van der Waals surface area contributed by atoms with Gasteiger partial charge in [0.25, 0.3) is 0 Å². The highest BCUT2D eigenvalue weighted by atomic mass is 35.5. The van der Waals surface area contributed by atoms with E-state index < -0.39 is 9.84 Å². The van der Waals surface area contributed by atoms with Crippen molar-refractivity contribution >= 4 is 57.0 Å². The number of thiocarbonyl (C=S) groups is 1. The zero-order valence-corrected chi connectivity index (χ0v) is 15.7. The van der Waals surface area contributed by atoms with Crippen molar-refractivity contribution in [2.75, 3.05) is 6.26 Å². The van der Waals surface area contributed by atoms with Gasteiger partial charge in [-0.3, -0.25) is 5.41 Å². The number of nitrogens with two attached hydrogens (primary N) is 1. The van der Waals surface area contributed by atoms with Gasteiger partial charge in [0.1, 0.15) is 4.99 Å². The molecule has 0 atom stereocenters. The molecule has 0 unspecified atom stereocenters. The molecule has 0 aromatic heterocycles. The van der Waals surface area contributed by atoms with Crippen LogP contribution in [0.5, 0.6) is 0 Å². The van der Waals surface area contributed by atoms with Gasteiger partial charge in [-0.15, -0.1) is 12.4 Å². The highest BCUT2D eigenvalue weighted by Crippen LogP contribution is 2.35. The van der Waals surface area contributed by atoms with Crippen LogP contribution < -0.4 is 11.1 Å². The number of hydrogen-bond acceptors (Lipinski definition) is 4. The summed E-state index contributed by atoms with van der Waals surface area (Å²) >= 11 is 11.4. The second kappa shape index (κ2) is 7.94. The van der Waals surface area contributed by atoms with Gasteiger partial charge in [0.15, 0.2) is 15.8 Å². The van der Waals surface area contributed by atoms with Gasteiger partial charge in [-0.2, -0.15) is 0 Å². The molecule has 0 fully saturated rings. The molecule has 0 bridgehead atoms. The standard InChI is InChI=1S/C15H14ClN3O2S2.ClH/c1-23(20,21)12-8-10(14(22)19-15(17)18)7-11(16)13(12)9-5-3-2-4-6-9;/h2-8H,1H3,(H4,17,18,19,22);1H. The van der Waals surface area contributed by atoms with Gasteiger partial charge in [0.2, 0.25) is 0 Å². The summed E-state index contributed by atoms with van der Waals surface area (Å²) in [5.74, 6) is -0.334. The molecule has 2 aromatic carbocycles. The van der Waals surface area contributed by atoms with Crippen LogP contribution >= 0.6 is 36.2 Å². The Labute approximate surface area is 157 Å². The minimum atomic E-state index is -3.55. The van der Waals surface area contributed by atoms with E-state index in [9.17, 15) is 8.42 Å². The van der Waals surface area contributed by atoms with Gasteiger partial charge in [0.05, 0.1) is 9.92 Å². The largest absolute Gasteiger partial charge is 0.370 e. The zero-order chi connectivity index (χ0) is 17.2. The van der Waals surface area contributed by atoms with Crippen molar-refractivity contribution < 1.29 is 8.42 Å². The first-order valence-corrected chi connectivity index (χ1v) is 9.12. The SMILES string of the molecule is CS(=O)(=O)c1cc(C(=S)NC(=N)N)cc(Cl)c1-c1ccccc1.Cl. The number of hydrogen-bond donors (Lipinski definition) is 3. The molecule has 2 rings (SSSR count). The van der Waals surface area contributed by atoms with Crippen molar-refractivity contribution in [3.63, 3.8) is 0 Å². The average molecular weight is 404 g/mol. The molecule has 5 nitrogen and oxygen atoms in total. The molecule has 0 radical (unpaired) electrons. The van der Waals surface area contributed by atoms with Crippen molar-refractivity contribution in [3.8, 4) is 11.1 Å². The molecule has 2 aromatic rings. The van der Waals surface area contributed by atoms with E-state index in [-0.39, 0.29) is 33.3 Å². The Hall–Kier alpha value is -1.67. The molecule has 9 heteroatoms. The lowest BCUT2D eigenvalue weighted by Gasteiger charge is -2.14. The van der Waals surface area contributed by atoms with Gasteiger partial charge in [-0.25, -0.2) is 8.42 Å². The van der Waals surface area contributed by atoms with Crippen LogP contribution in [-0.4, -0.2) is 25.6 Å². The van der Waals surface area contributed by atoms with Crippen LogP contribution in [0.25, 0.3) is 11.1 Å². The first-order chi connectivity index (χ1) is 10.7. The van der Waals surface area contributed by atoms with E-state index in [1.807, 2.05) is 6.07 Å². The summed E-state index contributed by atoms with van der Waals surface area (Å²) < 4.78 is 24.4.